The first-order valence-electron chi connectivity index (χ1n) is 5.38. The molecule has 1 saturated heterocycles. The molecule has 1 aliphatic heterocycles. The lowest BCUT2D eigenvalue weighted by atomic mass is 10.1. The van der Waals surface area contributed by atoms with E-state index in [4.69, 9.17) is 4.74 Å². The van der Waals surface area contributed by atoms with Crippen molar-refractivity contribution in [1.29, 1.82) is 0 Å². The van der Waals surface area contributed by atoms with E-state index < -0.39 is 0 Å². The zero-order chi connectivity index (χ0) is 9.52. The van der Waals surface area contributed by atoms with Gasteiger partial charge >= 0.3 is 0 Å². The molecule has 13 heavy (non-hydrogen) atoms. The van der Waals surface area contributed by atoms with Crippen molar-refractivity contribution in [3.05, 3.63) is 0 Å². The summed E-state index contributed by atoms with van der Waals surface area (Å²) < 4.78 is 5.45. The number of ether oxygens (including phenoxy) is 1. The van der Waals surface area contributed by atoms with Gasteiger partial charge in [0.15, 0.2) is 0 Å². The number of hydrogen-bond acceptors (Lipinski definition) is 3. The molecule has 1 aliphatic rings. The van der Waals surface area contributed by atoms with Gasteiger partial charge in [0.25, 0.3) is 0 Å². The Labute approximate surface area is 81.2 Å². The summed E-state index contributed by atoms with van der Waals surface area (Å²) in [5, 5.41) is 6.91. The molecule has 0 aromatic heterocycles. The maximum atomic E-state index is 5.45. The summed E-state index contributed by atoms with van der Waals surface area (Å²) in [6.07, 6.45) is 2.93. The molecule has 1 heterocycles. The van der Waals surface area contributed by atoms with Crippen molar-refractivity contribution in [2.24, 2.45) is 0 Å². The molecule has 78 valence electrons. The van der Waals surface area contributed by atoms with Gasteiger partial charge in [-0.25, -0.2) is 0 Å². The molecule has 1 fully saturated rings. The van der Waals surface area contributed by atoms with E-state index in [0.29, 0.717) is 12.1 Å². The van der Waals surface area contributed by atoms with Gasteiger partial charge in [-0.2, -0.15) is 0 Å². The minimum absolute atomic E-state index is 0.340. The van der Waals surface area contributed by atoms with E-state index in [1.165, 1.54) is 19.4 Å². The zero-order valence-electron chi connectivity index (χ0n) is 8.81. The highest BCUT2D eigenvalue weighted by Crippen LogP contribution is 2.01. The van der Waals surface area contributed by atoms with Crippen molar-refractivity contribution in [2.45, 2.75) is 38.8 Å². The van der Waals surface area contributed by atoms with Crippen LogP contribution in [0.3, 0.4) is 0 Å². The smallest absolute Gasteiger partial charge is 0.0671 e. The van der Waals surface area contributed by atoms with E-state index in [2.05, 4.69) is 17.6 Å². The Balaban J connectivity index is 2.03. The van der Waals surface area contributed by atoms with Gasteiger partial charge in [0.1, 0.15) is 0 Å². The number of hydrogen-bond donors (Lipinski definition) is 2. The Morgan fingerprint density at radius 1 is 1.62 bits per heavy atom. The largest absolute Gasteiger partial charge is 0.377 e. The summed E-state index contributed by atoms with van der Waals surface area (Å²) in [5.41, 5.74) is 0. The van der Waals surface area contributed by atoms with E-state index in [9.17, 15) is 0 Å². The topological polar surface area (TPSA) is 33.3 Å². The van der Waals surface area contributed by atoms with Crippen LogP contribution in [0.15, 0.2) is 0 Å². The summed E-state index contributed by atoms with van der Waals surface area (Å²) in [6.45, 7) is 8.23. The Morgan fingerprint density at radius 3 is 3.08 bits per heavy atom. The summed E-state index contributed by atoms with van der Waals surface area (Å²) in [7, 11) is 0. The highest BCUT2D eigenvalue weighted by Gasteiger charge is 2.12. The van der Waals surface area contributed by atoms with Gasteiger partial charge in [-0.1, -0.05) is 0 Å². The number of piperidine rings is 1. The van der Waals surface area contributed by atoms with Crippen LogP contribution in [0.4, 0.5) is 0 Å². The van der Waals surface area contributed by atoms with Gasteiger partial charge in [0, 0.05) is 25.7 Å². The van der Waals surface area contributed by atoms with Gasteiger partial charge in [-0.3, -0.25) is 0 Å². The van der Waals surface area contributed by atoms with Crippen molar-refractivity contribution in [2.75, 3.05) is 26.2 Å². The average Bonchev–Trinajstić information content (AvgIpc) is 2.17. The third-order valence-electron chi connectivity index (χ3n) is 2.44. The first-order chi connectivity index (χ1) is 6.33. The van der Waals surface area contributed by atoms with Crippen molar-refractivity contribution in [3.8, 4) is 0 Å². The van der Waals surface area contributed by atoms with Crippen LogP contribution in [0.5, 0.6) is 0 Å². The van der Waals surface area contributed by atoms with E-state index >= 15 is 0 Å². The molecule has 0 bridgehead atoms. The lowest BCUT2D eigenvalue weighted by Gasteiger charge is -2.25. The average molecular weight is 186 g/mol. The van der Waals surface area contributed by atoms with Gasteiger partial charge in [0.2, 0.25) is 0 Å². The molecular formula is C10H22N2O. The Hall–Kier alpha value is -0.120. The fourth-order valence-electron chi connectivity index (χ4n) is 1.70. The summed E-state index contributed by atoms with van der Waals surface area (Å²) in [6, 6.07) is 0.650. The third-order valence-corrected chi connectivity index (χ3v) is 2.44. The highest BCUT2D eigenvalue weighted by atomic mass is 16.5. The van der Waals surface area contributed by atoms with Crippen LogP contribution in [0, 0.1) is 0 Å². The van der Waals surface area contributed by atoms with Crippen molar-refractivity contribution >= 4 is 0 Å². The van der Waals surface area contributed by atoms with Crippen LogP contribution in [-0.4, -0.2) is 38.4 Å². The highest BCUT2D eigenvalue weighted by molar-refractivity contribution is 4.75. The van der Waals surface area contributed by atoms with E-state index in [1.54, 1.807) is 0 Å². The lowest BCUT2D eigenvalue weighted by molar-refractivity contribution is 0.0732. The fraction of sp³-hybridized carbons (Fsp3) is 1.00. The second-order valence-corrected chi connectivity index (χ2v) is 3.72. The van der Waals surface area contributed by atoms with Crippen LogP contribution >= 0.6 is 0 Å². The molecule has 3 nitrogen and oxygen atoms in total. The van der Waals surface area contributed by atoms with Gasteiger partial charge in [-0.15, -0.1) is 0 Å². The molecule has 3 heteroatoms. The number of nitrogens with one attached hydrogen (secondary N) is 2. The van der Waals surface area contributed by atoms with Crippen molar-refractivity contribution in [1.82, 2.24) is 10.6 Å². The molecule has 2 unspecified atom stereocenters. The Morgan fingerprint density at radius 2 is 2.46 bits per heavy atom. The maximum absolute atomic E-state index is 5.45. The summed E-state index contributed by atoms with van der Waals surface area (Å²) >= 11 is 0. The van der Waals surface area contributed by atoms with Crippen molar-refractivity contribution in [3.63, 3.8) is 0 Å². The molecule has 0 amide bonds. The normalized spacial score (nSPS) is 25.8. The molecule has 0 aromatic rings. The third kappa shape index (κ3) is 4.60. The zero-order valence-corrected chi connectivity index (χ0v) is 8.81. The molecular weight excluding hydrogens is 164 g/mol. The molecule has 2 atom stereocenters. The van der Waals surface area contributed by atoms with Gasteiger partial charge in [-0.05, 0) is 33.2 Å². The number of rotatable bonds is 5. The summed E-state index contributed by atoms with van der Waals surface area (Å²) in [4.78, 5) is 0. The second-order valence-electron chi connectivity index (χ2n) is 3.72. The van der Waals surface area contributed by atoms with Gasteiger partial charge < -0.3 is 15.4 Å². The standard InChI is InChI=1S/C10H22N2O/c1-3-13-9(2)7-12-10-5-4-6-11-8-10/h9-12H,3-8H2,1-2H3. The van der Waals surface area contributed by atoms with Crippen LogP contribution in [-0.2, 0) is 4.74 Å². The van der Waals surface area contributed by atoms with E-state index in [-0.39, 0.29) is 0 Å². The molecule has 0 aliphatic carbocycles. The minimum atomic E-state index is 0.340. The molecule has 1 rings (SSSR count). The van der Waals surface area contributed by atoms with Crippen LogP contribution in [0.1, 0.15) is 26.7 Å². The van der Waals surface area contributed by atoms with Crippen molar-refractivity contribution < 1.29 is 4.74 Å². The molecule has 0 radical (unpaired) electrons. The first kappa shape index (κ1) is 11.0. The lowest BCUT2D eigenvalue weighted by Crippen LogP contribution is -2.45. The molecule has 0 spiro atoms. The van der Waals surface area contributed by atoms with Crippen LogP contribution in [0.2, 0.25) is 0 Å². The summed E-state index contributed by atoms with van der Waals surface area (Å²) in [5.74, 6) is 0. The van der Waals surface area contributed by atoms with Gasteiger partial charge in [0.05, 0.1) is 6.10 Å². The fourth-order valence-corrected chi connectivity index (χ4v) is 1.70. The van der Waals surface area contributed by atoms with Crippen LogP contribution < -0.4 is 10.6 Å². The quantitative estimate of drug-likeness (QED) is 0.665. The predicted octanol–water partition coefficient (Wildman–Crippen LogP) is 0.753. The SMILES string of the molecule is CCOC(C)CNC1CCCNC1. The molecule has 2 N–H and O–H groups in total. The molecule has 0 saturated carbocycles. The Bertz CT molecular complexity index is 124. The monoisotopic (exact) mass is 186 g/mol. The predicted molar refractivity (Wildman–Crippen MR) is 55.0 cm³/mol. The Kier molecular flexibility index (Phi) is 5.35. The second kappa shape index (κ2) is 6.35. The van der Waals surface area contributed by atoms with E-state index in [1.807, 2.05) is 6.92 Å². The minimum Gasteiger partial charge on any atom is -0.377 e. The molecule has 0 aromatic carbocycles. The maximum Gasteiger partial charge on any atom is 0.0671 e. The van der Waals surface area contributed by atoms with Crippen LogP contribution in [0.25, 0.3) is 0 Å². The van der Waals surface area contributed by atoms with E-state index in [0.717, 1.165) is 19.7 Å². The first-order valence-corrected chi connectivity index (χ1v) is 5.38.